The van der Waals surface area contributed by atoms with Crippen molar-refractivity contribution >= 4 is 11.6 Å². The van der Waals surface area contributed by atoms with E-state index in [0.717, 1.165) is 6.42 Å². The third-order valence-electron chi connectivity index (χ3n) is 1.90. The minimum Gasteiger partial charge on any atom is -0.381 e. The zero-order chi connectivity index (χ0) is 6.69. The maximum atomic E-state index is 5.91. The number of methoxy groups -OCH3 is 1. The van der Waals surface area contributed by atoms with Crippen molar-refractivity contribution in [1.82, 2.24) is 0 Å². The van der Waals surface area contributed by atoms with E-state index in [4.69, 9.17) is 16.3 Å². The smallest absolute Gasteiger partial charge is 0.0585 e. The van der Waals surface area contributed by atoms with Crippen LogP contribution in [0.2, 0.25) is 0 Å². The summed E-state index contributed by atoms with van der Waals surface area (Å²) >= 11 is 5.91. The maximum Gasteiger partial charge on any atom is 0.0585 e. The normalized spacial score (nSPS) is 36.7. The highest BCUT2D eigenvalue weighted by Crippen LogP contribution is 2.24. The molecule has 0 amide bonds. The van der Waals surface area contributed by atoms with Crippen LogP contribution >= 0.6 is 11.6 Å². The number of ether oxygens (including phenoxy) is 1. The molecule has 0 radical (unpaired) electrons. The molecule has 0 unspecified atom stereocenters. The molecular formula is C7H13ClO. The second-order valence-corrected chi connectivity index (χ2v) is 3.24. The SMILES string of the molecule is CO[C@@H]1CCC[C@H](Cl)C1. The van der Waals surface area contributed by atoms with Crippen LogP contribution in [0.1, 0.15) is 25.7 Å². The Morgan fingerprint density at radius 1 is 1.44 bits per heavy atom. The van der Waals surface area contributed by atoms with E-state index < -0.39 is 0 Å². The Balaban J connectivity index is 2.23. The van der Waals surface area contributed by atoms with Crippen molar-refractivity contribution in [3.05, 3.63) is 0 Å². The molecule has 1 saturated carbocycles. The van der Waals surface area contributed by atoms with Gasteiger partial charge in [0.15, 0.2) is 0 Å². The number of halogens is 1. The summed E-state index contributed by atoms with van der Waals surface area (Å²) in [5.41, 5.74) is 0. The first kappa shape index (κ1) is 7.36. The predicted molar refractivity (Wildman–Crippen MR) is 38.9 cm³/mol. The topological polar surface area (TPSA) is 9.23 Å². The van der Waals surface area contributed by atoms with Crippen LogP contribution in [0.25, 0.3) is 0 Å². The van der Waals surface area contributed by atoms with E-state index in [2.05, 4.69) is 0 Å². The van der Waals surface area contributed by atoms with Crippen LogP contribution in [0, 0.1) is 0 Å². The summed E-state index contributed by atoms with van der Waals surface area (Å²) in [5, 5.41) is 0.365. The molecule has 0 bridgehead atoms. The molecule has 0 aromatic rings. The first-order valence-electron chi connectivity index (χ1n) is 3.50. The van der Waals surface area contributed by atoms with Crippen LogP contribution in [0.4, 0.5) is 0 Å². The first-order valence-corrected chi connectivity index (χ1v) is 3.93. The Morgan fingerprint density at radius 2 is 2.22 bits per heavy atom. The third kappa shape index (κ3) is 2.15. The van der Waals surface area contributed by atoms with Gasteiger partial charge in [-0.1, -0.05) is 0 Å². The van der Waals surface area contributed by atoms with E-state index >= 15 is 0 Å². The van der Waals surface area contributed by atoms with Crippen molar-refractivity contribution < 1.29 is 4.74 Å². The minimum absolute atomic E-state index is 0.365. The summed E-state index contributed by atoms with van der Waals surface area (Å²) in [6.07, 6.45) is 5.06. The number of hydrogen-bond donors (Lipinski definition) is 0. The molecule has 1 rings (SSSR count). The lowest BCUT2D eigenvalue weighted by molar-refractivity contribution is 0.0723. The molecule has 0 aromatic carbocycles. The molecule has 0 N–H and O–H groups in total. The molecule has 0 heterocycles. The van der Waals surface area contributed by atoms with Crippen LogP contribution in [0.15, 0.2) is 0 Å². The second-order valence-electron chi connectivity index (χ2n) is 2.62. The Hall–Kier alpha value is 0.250. The lowest BCUT2D eigenvalue weighted by atomic mass is 9.97. The fourth-order valence-corrected chi connectivity index (χ4v) is 1.66. The van der Waals surface area contributed by atoms with Gasteiger partial charge in [-0.25, -0.2) is 0 Å². The highest BCUT2D eigenvalue weighted by Gasteiger charge is 2.18. The standard InChI is InChI=1S/C7H13ClO/c1-9-7-4-2-3-6(8)5-7/h6-7H,2-5H2,1H3/t6-,7+/m0/s1. The van der Waals surface area contributed by atoms with Crippen LogP contribution < -0.4 is 0 Å². The van der Waals surface area contributed by atoms with Crippen LogP contribution in [-0.4, -0.2) is 18.6 Å². The molecule has 1 nitrogen and oxygen atoms in total. The molecule has 0 spiro atoms. The van der Waals surface area contributed by atoms with Gasteiger partial charge in [0.25, 0.3) is 0 Å². The fraction of sp³-hybridized carbons (Fsp3) is 1.00. The van der Waals surface area contributed by atoms with Crippen LogP contribution in [0.5, 0.6) is 0 Å². The summed E-state index contributed by atoms with van der Waals surface area (Å²) in [7, 11) is 1.76. The third-order valence-corrected chi connectivity index (χ3v) is 2.29. The van der Waals surface area contributed by atoms with Crippen molar-refractivity contribution in [2.24, 2.45) is 0 Å². The molecule has 0 saturated heterocycles. The Kier molecular flexibility index (Phi) is 2.80. The molecule has 2 heteroatoms. The zero-order valence-electron chi connectivity index (χ0n) is 5.77. The molecule has 1 fully saturated rings. The van der Waals surface area contributed by atoms with Crippen LogP contribution in [0.3, 0.4) is 0 Å². The number of alkyl halides is 1. The number of hydrogen-bond acceptors (Lipinski definition) is 1. The Bertz CT molecular complexity index is 85.0. The van der Waals surface area contributed by atoms with Crippen molar-refractivity contribution in [2.75, 3.05) is 7.11 Å². The lowest BCUT2D eigenvalue weighted by Gasteiger charge is -2.23. The monoisotopic (exact) mass is 148 g/mol. The van der Waals surface area contributed by atoms with Gasteiger partial charge in [-0.05, 0) is 25.7 Å². The summed E-state index contributed by atoms with van der Waals surface area (Å²) < 4.78 is 5.18. The average Bonchev–Trinajstić information content (AvgIpc) is 1.88. The van der Waals surface area contributed by atoms with E-state index in [9.17, 15) is 0 Å². The predicted octanol–water partition coefficient (Wildman–Crippen LogP) is 2.18. The molecule has 0 aromatic heterocycles. The van der Waals surface area contributed by atoms with Gasteiger partial charge in [0.1, 0.15) is 0 Å². The highest BCUT2D eigenvalue weighted by molar-refractivity contribution is 6.20. The van der Waals surface area contributed by atoms with Gasteiger partial charge < -0.3 is 4.74 Å². The lowest BCUT2D eigenvalue weighted by Crippen LogP contribution is -2.21. The van der Waals surface area contributed by atoms with Crippen molar-refractivity contribution in [3.63, 3.8) is 0 Å². The molecule has 2 atom stereocenters. The van der Waals surface area contributed by atoms with Gasteiger partial charge in [0.05, 0.1) is 6.10 Å². The Morgan fingerprint density at radius 3 is 2.67 bits per heavy atom. The quantitative estimate of drug-likeness (QED) is 0.518. The maximum absolute atomic E-state index is 5.91. The zero-order valence-corrected chi connectivity index (χ0v) is 6.53. The van der Waals surface area contributed by atoms with E-state index in [-0.39, 0.29) is 0 Å². The first-order chi connectivity index (χ1) is 4.33. The van der Waals surface area contributed by atoms with E-state index in [1.807, 2.05) is 0 Å². The van der Waals surface area contributed by atoms with Gasteiger partial charge in [-0.15, -0.1) is 11.6 Å². The van der Waals surface area contributed by atoms with Gasteiger partial charge in [0, 0.05) is 12.5 Å². The molecular weight excluding hydrogens is 136 g/mol. The van der Waals surface area contributed by atoms with E-state index in [1.54, 1.807) is 7.11 Å². The fourth-order valence-electron chi connectivity index (χ4n) is 1.30. The van der Waals surface area contributed by atoms with E-state index in [0.29, 0.717) is 11.5 Å². The summed E-state index contributed by atoms with van der Waals surface area (Å²) in [6, 6.07) is 0. The van der Waals surface area contributed by atoms with E-state index in [1.165, 1.54) is 19.3 Å². The summed E-state index contributed by atoms with van der Waals surface area (Å²) in [5.74, 6) is 0. The van der Waals surface area contributed by atoms with Gasteiger partial charge in [-0.3, -0.25) is 0 Å². The van der Waals surface area contributed by atoms with Gasteiger partial charge in [0.2, 0.25) is 0 Å². The molecule has 0 aliphatic heterocycles. The molecule has 1 aliphatic carbocycles. The van der Waals surface area contributed by atoms with Crippen molar-refractivity contribution in [2.45, 2.75) is 37.2 Å². The summed E-state index contributed by atoms with van der Waals surface area (Å²) in [6.45, 7) is 0. The number of rotatable bonds is 1. The van der Waals surface area contributed by atoms with Crippen LogP contribution in [-0.2, 0) is 4.74 Å². The molecule has 9 heavy (non-hydrogen) atoms. The highest BCUT2D eigenvalue weighted by atomic mass is 35.5. The van der Waals surface area contributed by atoms with Crippen molar-refractivity contribution in [1.29, 1.82) is 0 Å². The van der Waals surface area contributed by atoms with Gasteiger partial charge in [-0.2, -0.15) is 0 Å². The van der Waals surface area contributed by atoms with Gasteiger partial charge >= 0.3 is 0 Å². The summed E-state index contributed by atoms with van der Waals surface area (Å²) in [4.78, 5) is 0. The van der Waals surface area contributed by atoms with Crippen molar-refractivity contribution in [3.8, 4) is 0 Å². The average molecular weight is 149 g/mol. The molecule has 54 valence electrons. The minimum atomic E-state index is 0.365. The largest absolute Gasteiger partial charge is 0.381 e. The Labute approximate surface area is 61.3 Å². The molecule has 1 aliphatic rings. The second kappa shape index (κ2) is 3.43.